The number of rotatable bonds is 4. The van der Waals surface area contributed by atoms with E-state index in [1.165, 1.54) is 39.6 Å². The third-order valence-electron chi connectivity index (χ3n) is 8.04. The monoisotopic (exact) mass is 458 g/mol. The number of aryl methyl sites for hydroxylation is 1. The van der Waals surface area contributed by atoms with Crippen LogP contribution < -0.4 is 5.32 Å². The standard InChI is InChI=1S/C28H34N4O2/c1-18-15-30-28-23(18)14-22(16-31-28)21-12-20-4-8-32(27(33)11-19-5-9-34-10-6-19)17-25(20)24(13-21)26-3-2-7-29-26/h12-16,19,26,29H,2-11,17H2,1H3,(H,30,31)/t26-/m0/s1. The van der Waals surface area contributed by atoms with Crippen molar-refractivity contribution in [2.75, 3.05) is 26.3 Å². The molecule has 34 heavy (non-hydrogen) atoms. The number of nitrogens with zero attached hydrogens (tertiary/aromatic N) is 2. The third kappa shape index (κ3) is 4.14. The molecule has 6 rings (SSSR count). The number of amides is 1. The van der Waals surface area contributed by atoms with E-state index in [9.17, 15) is 4.79 Å². The molecule has 2 aromatic heterocycles. The van der Waals surface area contributed by atoms with Crippen molar-refractivity contribution < 1.29 is 9.53 Å². The molecule has 2 N–H and O–H groups in total. The van der Waals surface area contributed by atoms with Crippen molar-refractivity contribution in [2.45, 2.75) is 58.0 Å². The molecule has 178 valence electrons. The molecule has 0 aliphatic carbocycles. The number of benzene rings is 1. The molecule has 1 aromatic carbocycles. The van der Waals surface area contributed by atoms with Crippen molar-refractivity contribution in [3.05, 3.63) is 52.8 Å². The lowest BCUT2D eigenvalue weighted by molar-refractivity contribution is -0.133. The van der Waals surface area contributed by atoms with Gasteiger partial charge in [0, 0.05) is 62.1 Å². The molecular formula is C28H34N4O2. The van der Waals surface area contributed by atoms with Crippen molar-refractivity contribution in [2.24, 2.45) is 5.92 Å². The van der Waals surface area contributed by atoms with Gasteiger partial charge >= 0.3 is 0 Å². The highest BCUT2D eigenvalue weighted by atomic mass is 16.5. The molecule has 0 unspecified atom stereocenters. The Morgan fingerprint density at radius 3 is 2.88 bits per heavy atom. The van der Waals surface area contributed by atoms with Crippen LogP contribution in [0.1, 0.15) is 60.4 Å². The normalized spacial score (nSPS) is 21.2. The fraction of sp³-hybridized carbons (Fsp3) is 0.500. The minimum Gasteiger partial charge on any atom is -0.381 e. The number of hydrogen-bond donors (Lipinski definition) is 2. The van der Waals surface area contributed by atoms with Crippen molar-refractivity contribution in [3.8, 4) is 11.1 Å². The van der Waals surface area contributed by atoms with Gasteiger partial charge in [0.25, 0.3) is 0 Å². The lowest BCUT2D eigenvalue weighted by Crippen LogP contribution is -2.38. The van der Waals surface area contributed by atoms with Gasteiger partial charge in [0.1, 0.15) is 5.65 Å². The molecule has 2 saturated heterocycles. The Morgan fingerprint density at radius 2 is 2.06 bits per heavy atom. The van der Waals surface area contributed by atoms with Crippen LogP contribution >= 0.6 is 0 Å². The zero-order valence-corrected chi connectivity index (χ0v) is 20.0. The first-order chi connectivity index (χ1) is 16.7. The summed E-state index contributed by atoms with van der Waals surface area (Å²) >= 11 is 0. The van der Waals surface area contributed by atoms with Crippen molar-refractivity contribution >= 4 is 16.9 Å². The lowest BCUT2D eigenvalue weighted by Gasteiger charge is -2.33. The second kappa shape index (κ2) is 9.16. The van der Waals surface area contributed by atoms with Crippen LogP contribution in [0.15, 0.2) is 30.6 Å². The molecule has 0 saturated carbocycles. The van der Waals surface area contributed by atoms with Gasteiger partial charge < -0.3 is 19.9 Å². The molecular weight excluding hydrogens is 424 g/mol. The zero-order valence-electron chi connectivity index (χ0n) is 20.0. The summed E-state index contributed by atoms with van der Waals surface area (Å²) in [5.41, 5.74) is 8.69. The SMILES string of the molecule is Cc1c[nH]c2ncc(-c3cc4c(c([C@@H]5CCCN5)c3)CN(C(=O)CC3CCOCC3)CC4)cc12. The molecule has 3 aliphatic rings. The summed E-state index contributed by atoms with van der Waals surface area (Å²) in [5.74, 6) is 0.782. The second-order valence-corrected chi connectivity index (χ2v) is 10.3. The predicted molar refractivity (Wildman–Crippen MR) is 134 cm³/mol. The molecule has 1 amide bonds. The Hall–Kier alpha value is -2.70. The van der Waals surface area contributed by atoms with Crippen LogP contribution in [0.5, 0.6) is 0 Å². The Labute approximate surface area is 201 Å². The van der Waals surface area contributed by atoms with E-state index in [1.54, 1.807) is 0 Å². The summed E-state index contributed by atoms with van der Waals surface area (Å²) in [7, 11) is 0. The van der Waals surface area contributed by atoms with E-state index in [4.69, 9.17) is 4.74 Å². The predicted octanol–water partition coefficient (Wildman–Crippen LogP) is 4.66. The highest BCUT2D eigenvalue weighted by Gasteiger charge is 2.29. The highest BCUT2D eigenvalue weighted by molar-refractivity contribution is 5.85. The van der Waals surface area contributed by atoms with E-state index in [2.05, 4.69) is 45.3 Å². The first-order valence-corrected chi connectivity index (χ1v) is 12.8. The van der Waals surface area contributed by atoms with Crippen LogP contribution in [0.3, 0.4) is 0 Å². The number of fused-ring (bicyclic) bond motifs is 2. The van der Waals surface area contributed by atoms with E-state index in [-0.39, 0.29) is 0 Å². The van der Waals surface area contributed by atoms with Crippen LogP contribution in [0.4, 0.5) is 0 Å². The molecule has 0 spiro atoms. The van der Waals surface area contributed by atoms with E-state index < -0.39 is 0 Å². The summed E-state index contributed by atoms with van der Waals surface area (Å²) in [6, 6.07) is 7.33. The fourth-order valence-electron chi connectivity index (χ4n) is 5.96. The molecule has 5 heterocycles. The number of hydrogen-bond acceptors (Lipinski definition) is 4. The average molecular weight is 459 g/mol. The van der Waals surface area contributed by atoms with Gasteiger partial charge in [-0.2, -0.15) is 0 Å². The Morgan fingerprint density at radius 1 is 1.18 bits per heavy atom. The minimum absolute atomic E-state index is 0.310. The first kappa shape index (κ1) is 21.8. The average Bonchev–Trinajstić information content (AvgIpc) is 3.54. The van der Waals surface area contributed by atoms with E-state index in [0.29, 0.717) is 24.3 Å². The zero-order chi connectivity index (χ0) is 23.1. The highest BCUT2D eigenvalue weighted by Crippen LogP contribution is 2.36. The number of ether oxygens (including phenoxy) is 1. The van der Waals surface area contributed by atoms with Gasteiger partial charge in [-0.05, 0) is 91.4 Å². The van der Waals surface area contributed by atoms with Crippen LogP contribution in [-0.4, -0.2) is 47.1 Å². The smallest absolute Gasteiger partial charge is 0.223 e. The molecule has 2 fully saturated rings. The number of carbonyl (C=O) groups excluding carboxylic acids is 1. The second-order valence-electron chi connectivity index (χ2n) is 10.3. The van der Waals surface area contributed by atoms with Gasteiger partial charge in [0.05, 0.1) is 0 Å². The van der Waals surface area contributed by atoms with Gasteiger partial charge in [-0.25, -0.2) is 4.98 Å². The largest absolute Gasteiger partial charge is 0.381 e. The van der Waals surface area contributed by atoms with Crippen molar-refractivity contribution in [1.82, 2.24) is 20.2 Å². The summed E-state index contributed by atoms with van der Waals surface area (Å²) in [6.45, 7) is 6.32. The molecule has 3 aromatic rings. The van der Waals surface area contributed by atoms with Crippen LogP contribution in [-0.2, 0) is 22.5 Å². The molecule has 3 aliphatic heterocycles. The topological polar surface area (TPSA) is 70.2 Å². The van der Waals surface area contributed by atoms with E-state index >= 15 is 0 Å². The minimum atomic E-state index is 0.310. The first-order valence-electron chi connectivity index (χ1n) is 12.8. The number of nitrogens with one attached hydrogen (secondary N) is 2. The van der Waals surface area contributed by atoms with Crippen LogP contribution in [0.2, 0.25) is 0 Å². The summed E-state index contributed by atoms with van der Waals surface area (Å²) < 4.78 is 5.48. The number of carbonyl (C=O) groups is 1. The maximum absolute atomic E-state index is 13.2. The summed E-state index contributed by atoms with van der Waals surface area (Å²) in [5, 5.41) is 4.89. The van der Waals surface area contributed by atoms with Gasteiger partial charge in [-0.3, -0.25) is 4.79 Å². The molecule has 0 bridgehead atoms. The number of aromatic amines is 1. The summed E-state index contributed by atoms with van der Waals surface area (Å²) in [4.78, 5) is 23.2. The molecule has 0 radical (unpaired) electrons. The fourth-order valence-corrected chi connectivity index (χ4v) is 5.96. The van der Waals surface area contributed by atoms with Gasteiger partial charge in [-0.1, -0.05) is 6.07 Å². The number of aromatic nitrogens is 2. The van der Waals surface area contributed by atoms with Crippen LogP contribution in [0.25, 0.3) is 22.2 Å². The number of H-pyrrole nitrogens is 1. The quantitative estimate of drug-likeness (QED) is 0.596. The Kier molecular flexibility index (Phi) is 5.87. The van der Waals surface area contributed by atoms with Gasteiger partial charge in [-0.15, -0.1) is 0 Å². The van der Waals surface area contributed by atoms with Crippen molar-refractivity contribution in [1.29, 1.82) is 0 Å². The van der Waals surface area contributed by atoms with Gasteiger partial charge in [0.15, 0.2) is 0 Å². The van der Waals surface area contributed by atoms with Crippen molar-refractivity contribution in [3.63, 3.8) is 0 Å². The Bertz CT molecular complexity index is 1200. The molecule has 1 atom stereocenters. The number of pyridine rings is 1. The lowest BCUT2D eigenvalue weighted by atomic mass is 9.86. The van der Waals surface area contributed by atoms with E-state index in [0.717, 1.165) is 69.7 Å². The maximum Gasteiger partial charge on any atom is 0.223 e. The van der Waals surface area contributed by atoms with Gasteiger partial charge in [0.2, 0.25) is 5.91 Å². The van der Waals surface area contributed by atoms with E-state index in [1.807, 2.05) is 12.4 Å². The van der Waals surface area contributed by atoms with Crippen LogP contribution in [0, 0.1) is 12.8 Å². The summed E-state index contributed by atoms with van der Waals surface area (Å²) in [6.07, 6.45) is 9.96. The Balaban J connectivity index is 1.32. The molecule has 6 nitrogen and oxygen atoms in total. The molecule has 6 heteroatoms. The third-order valence-corrected chi connectivity index (χ3v) is 8.04. The maximum atomic E-state index is 13.2.